The van der Waals surface area contributed by atoms with Crippen LogP contribution in [-0.4, -0.2) is 47.8 Å². The summed E-state index contributed by atoms with van der Waals surface area (Å²) in [6.07, 6.45) is 3.35. The van der Waals surface area contributed by atoms with Gasteiger partial charge in [-0.05, 0) is 46.6 Å². The fraction of sp³-hybridized carbons (Fsp3) is 1.00. The van der Waals surface area contributed by atoms with Gasteiger partial charge in [0.1, 0.15) is 0 Å². The Kier molecular flexibility index (Phi) is 5.03. The standard InChI is InChI=1S/C12H26N2O/c1-12(2,3)14-8-5-11(6-9-14)13-7-4-10-15/h11,13,15H,4-10H2,1-3H3. The number of aliphatic hydroxyl groups excluding tert-OH is 1. The molecule has 0 unspecified atom stereocenters. The SMILES string of the molecule is CC(C)(C)N1CCC(NCCCO)CC1. The van der Waals surface area contributed by atoms with Crippen molar-refractivity contribution >= 4 is 0 Å². The molecule has 0 radical (unpaired) electrons. The zero-order valence-corrected chi connectivity index (χ0v) is 10.4. The van der Waals surface area contributed by atoms with Crippen molar-refractivity contribution in [1.82, 2.24) is 10.2 Å². The molecule has 0 atom stereocenters. The van der Waals surface area contributed by atoms with Crippen LogP contribution < -0.4 is 5.32 Å². The molecule has 0 aliphatic carbocycles. The molecule has 90 valence electrons. The first kappa shape index (κ1) is 12.9. The molecule has 2 N–H and O–H groups in total. The van der Waals surface area contributed by atoms with Gasteiger partial charge < -0.3 is 10.4 Å². The monoisotopic (exact) mass is 214 g/mol. The van der Waals surface area contributed by atoms with Crippen molar-refractivity contribution < 1.29 is 5.11 Å². The van der Waals surface area contributed by atoms with Crippen LogP contribution in [0.25, 0.3) is 0 Å². The van der Waals surface area contributed by atoms with Crippen LogP contribution in [0.3, 0.4) is 0 Å². The summed E-state index contributed by atoms with van der Waals surface area (Å²) in [5.41, 5.74) is 0.316. The topological polar surface area (TPSA) is 35.5 Å². The zero-order chi connectivity index (χ0) is 11.3. The van der Waals surface area contributed by atoms with Crippen molar-refractivity contribution in [3.63, 3.8) is 0 Å². The average molecular weight is 214 g/mol. The number of nitrogens with one attached hydrogen (secondary N) is 1. The van der Waals surface area contributed by atoms with Crippen molar-refractivity contribution in [3.8, 4) is 0 Å². The lowest BCUT2D eigenvalue weighted by atomic mass is 9.98. The molecule has 1 heterocycles. The highest BCUT2D eigenvalue weighted by Crippen LogP contribution is 2.19. The third-order valence-electron chi connectivity index (χ3n) is 3.21. The quantitative estimate of drug-likeness (QED) is 0.691. The van der Waals surface area contributed by atoms with Crippen LogP contribution in [0, 0.1) is 0 Å². The lowest BCUT2D eigenvalue weighted by molar-refractivity contribution is 0.0960. The van der Waals surface area contributed by atoms with E-state index >= 15 is 0 Å². The predicted octanol–water partition coefficient (Wildman–Crippen LogP) is 1.22. The van der Waals surface area contributed by atoms with E-state index in [0.717, 1.165) is 13.0 Å². The van der Waals surface area contributed by atoms with Crippen molar-refractivity contribution in [2.75, 3.05) is 26.2 Å². The molecule has 1 rings (SSSR count). The molecule has 3 nitrogen and oxygen atoms in total. The molecule has 1 aliphatic rings. The summed E-state index contributed by atoms with van der Waals surface area (Å²) in [6, 6.07) is 0.662. The highest BCUT2D eigenvalue weighted by Gasteiger charge is 2.26. The Balaban J connectivity index is 2.18. The smallest absolute Gasteiger partial charge is 0.0443 e. The van der Waals surface area contributed by atoms with Gasteiger partial charge in [-0.25, -0.2) is 0 Å². The lowest BCUT2D eigenvalue weighted by Crippen LogP contribution is -2.50. The van der Waals surface area contributed by atoms with Crippen LogP contribution in [0.1, 0.15) is 40.0 Å². The number of hydrogen-bond acceptors (Lipinski definition) is 3. The van der Waals surface area contributed by atoms with E-state index in [9.17, 15) is 0 Å². The van der Waals surface area contributed by atoms with E-state index < -0.39 is 0 Å². The maximum atomic E-state index is 8.70. The van der Waals surface area contributed by atoms with Crippen LogP contribution in [0.5, 0.6) is 0 Å². The van der Waals surface area contributed by atoms with Crippen LogP contribution in [0.15, 0.2) is 0 Å². The van der Waals surface area contributed by atoms with Crippen molar-refractivity contribution in [3.05, 3.63) is 0 Å². The number of piperidine rings is 1. The fourth-order valence-electron chi connectivity index (χ4n) is 2.14. The number of aliphatic hydroxyl groups is 1. The molecule has 0 aromatic heterocycles. The maximum absolute atomic E-state index is 8.70. The molecular formula is C12H26N2O. The Labute approximate surface area is 93.9 Å². The zero-order valence-electron chi connectivity index (χ0n) is 10.4. The van der Waals surface area contributed by atoms with Gasteiger partial charge >= 0.3 is 0 Å². The second kappa shape index (κ2) is 5.83. The second-order valence-electron chi connectivity index (χ2n) is 5.46. The number of rotatable bonds is 4. The normalized spacial score (nSPS) is 20.8. The van der Waals surface area contributed by atoms with Crippen LogP contribution >= 0.6 is 0 Å². The third-order valence-corrected chi connectivity index (χ3v) is 3.21. The van der Waals surface area contributed by atoms with Gasteiger partial charge in [-0.2, -0.15) is 0 Å². The van der Waals surface area contributed by atoms with Crippen molar-refractivity contribution in [1.29, 1.82) is 0 Å². The summed E-state index contributed by atoms with van der Waals surface area (Å²) in [4.78, 5) is 2.55. The fourth-order valence-corrected chi connectivity index (χ4v) is 2.14. The molecule has 0 aromatic carbocycles. The minimum absolute atomic E-state index is 0.299. The second-order valence-corrected chi connectivity index (χ2v) is 5.46. The lowest BCUT2D eigenvalue weighted by Gasteiger charge is -2.41. The number of likely N-dealkylation sites (tertiary alicyclic amines) is 1. The van der Waals surface area contributed by atoms with E-state index in [1.165, 1.54) is 25.9 Å². The Morgan fingerprint density at radius 1 is 1.27 bits per heavy atom. The van der Waals surface area contributed by atoms with Crippen LogP contribution in [0.4, 0.5) is 0 Å². The molecule has 1 fully saturated rings. The van der Waals surface area contributed by atoms with Gasteiger partial charge in [0.2, 0.25) is 0 Å². The summed E-state index contributed by atoms with van der Waals surface area (Å²) in [6.45, 7) is 10.5. The summed E-state index contributed by atoms with van der Waals surface area (Å²) >= 11 is 0. The Morgan fingerprint density at radius 2 is 1.87 bits per heavy atom. The minimum atomic E-state index is 0.299. The molecule has 0 spiro atoms. The Hall–Kier alpha value is -0.120. The van der Waals surface area contributed by atoms with E-state index in [2.05, 4.69) is 31.0 Å². The highest BCUT2D eigenvalue weighted by molar-refractivity contribution is 4.84. The largest absolute Gasteiger partial charge is 0.396 e. The van der Waals surface area contributed by atoms with Gasteiger partial charge in [0.25, 0.3) is 0 Å². The molecule has 1 aliphatic heterocycles. The Morgan fingerprint density at radius 3 is 2.33 bits per heavy atom. The molecule has 15 heavy (non-hydrogen) atoms. The van der Waals surface area contributed by atoms with Gasteiger partial charge in [-0.1, -0.05) is 0 Å². The minimum Gasteiger partial charge on any atom is -0.396 e. The van der Waals surface area contributed by atoms with E-state index in [1.807, 2.05) is 0 Å². The van der Waals surface area contributed by atoms with E-state index in [-0.39, 0.29) is 0 Å². The third kappa shape index (κ3) is 4.49. The van der Waals surface area contributed by atoms with Gasteiger partial charge in [0, 0.05) is 31.3 Å². The summed E-state index contributed by atoms with van der Waals surface area (Å²) in [5.74, 6) is 0. The first-order valence-electron chi connectivity index (χ1n) is 6.13. The average Bonchev–Trinajstić information content (AvgIpc) is 2.18. The van der Waals surface area contributed by atoms with Gasteiger partial charge in [-0.15, -0.1) is 0 Å². The molecule has 3 heteroatoms. The van der Waals surface area contributed by atoms with Crippen LogP contribution in [0.2, 0.25) is 0 Å². The molecule has 0 aromatic rings. The summed E-state index contributed by atoms with van der Waals surface area (Å²) in [7, 11) is 0. The molecule has 0 saturated carbocycles. The number of nitrogens with zero attached hydrogens (tertiary/aromatic N) is 1. The number of hydrogen-bond donors (Lipinski definition) is 2. The first-order chi connectivity index (χ1) is 7.04. The van der Waals surface area contributed by atoms with Gasteiger partial charge in [0.05, 0.1) is 0 Å². The molecule has 1 saturated heterocycles. The molecular weight excluding hydrogens is 188 g/mol. The summed E-state index contributed by atoms with van der Waals surface area (Å²) in [5, 5.41) is 12.2. The van der Waals surface area contributed by atoms with Gasteiger partial charge in [-0.3, -0.25) is 4.90 Å². The first-order valence-corrected chi connectivity index (χ1v) is 6.13. The Bertz CT molecular complexity index is 169. The molecule has 0 bridgehead atoms. The van der Waals surface area contributed by atoms with Crippen molar-refractivity contribution in [2.45, 2.75) is 51.6 Å². The van der Waals surface area contributed by atoms with E-state index in [1.54, 1.807) is 0 Å². The van der Waals surface area contributed by atoms with Gasteiger partial charge in [0.15, 0.2) is 0 Å². The van der Waals surface area contributed by atoms with E-state index in [0.29, 0.717) is 18.2 Å². The summed E-state index contributed by atoms with van der Waals surface area (Å²) < 4.78 is 0. The highest BCUT2D eigenvalue weighted by atomic mass is 16.3. The van der Waals surface area contributed by atoms with Crippen molar-refractivity contribution in [2.24, 2.45) is 0 Å². The predicted molar refractivity (Wildman–Crippen MR) is 64.1 cm³/mol. The molecule has 0 amide bonds. The maximum Gasteiger partial charge on any atom is 0.0443 e. The van der Waals surface area contributed by atoms with Crippen LogP contribution in [-0.2, 0) is 0 Å². The van der Waals surface area contributed by atoms with E-state index in [4.69, 9.17) is 5.11 Å².